The number of rotatable bonds is 3. The minimum absolute atomic E-state index is 0.315. The van der Waals surface area contributed by atoms with Gasteiger partial charge in [-0.2, -0.15) is 5.10 Å². The van der Waals surface area contributed by atoms with Gasteiger partial charge in [-0.05, 0) is 19.8 Å². The zero-order chi connectivity index (χ0) is 14.2. The van der Waals surface area contributed by atoms with Crippen LogP contribution in [0.5, 0.6) is 0 Å². The molecule has 2 heterocycles. The largest absolute Gasteiger partial charge is 0.308 e. The highest BCUT2D eigenvalue weighted by Crippen LogP contribution is 2.28. The molecule has 0 unspecified atom stereocenters. The van der Waals surface area contributed by atoms with Gasteiger partial charge in [-0.15, -0.1) is 0 Å². The Morgan fingerprint density at radius 2 is 1.95 bits per heavy atom. The van der Waals surface area contributed by atoms with Crippen molar-refractivity contribution in [2.24, 2.45) is 12.9 Å². The molecule has 0 saturated carbocycles. The Bertz CT molecular complexity index is 599. The van der Waals surface area contributed by atoms with Crippen LogP contribution in [0.25, 0.3) is 11.4 Å². The maximum absolute atomic E-state index is 5.59. The Labute approximate surface area is 113 Å². The number of anilines is 1. The summed E-state index contributed by atoms with van der Waals surface area (Å²) in [6, 6.07) is 0. The van der Waals surface area contributed by atoms with Gasteiger partial charge in [0.1, 0.15) is 5.82 Å². The van der Waals surface area contributed by atoms with E-state index in [-0.39, 0.29) is 0 Å². The zero-order valence-electron chi connectivity index (χ0n) is 12.0. The molecule has 102 valence electrons. The summed E-state index contributed by atoms with van der Waals surface area (Å²) in [4.78, 5) is 9.10. The lowest BCUT2D eigenvalue weighted by Crippen LogP contribution is -2.14. The van der Waals surface area contributed by atoms with E-state index in [1.165, 1.54) is 0 Å². The summed E-state index contributed by atoms with van der Waals surface area (Å²) < 4.78 is 1.81. The molecule has 0 aliphatic rings. The molecule has 6 heteroatoms. The number of nitrogens with two attached hydrogens (primary N) is 1. The second kappa shape index (κ2) is 4.97. The molecule has 0 aliphatic heterocycles. The second-order valence-corrected chi connectivity index (χ2v) is 4.96. The summed E-state index contributed by atoms with van der Waals surface area (Å²) >= 11 is 0. The van der Waals surface area contributed by atoms with Gasteiger partial charge >= 0.3 is 0 Å². The molecule has 0 spiro atoms. The fourth-order valence-electron chi connectivity index (χ4n) is 2.22. The predicted octanol–water partition coefficient (Wildman–Crippen LogP) is 1.90. The van der Waals surface area contributed by atoms with E-state index in [4.69, 9.17) is 5.84 Å². The Balaban J connectivity index is 2.61. The van der Waals surface area contributed by atoms with Gasteiger partial charge in [-0.3, -0.25) is 4.68 Å². The molecule has 6 nitrogen and oxygen atoms in total. The van der Waals surface area contributed by atoms with Crippen LogP contribution in [0.4, 0.5) is 5.82 Å². The highest BCUT2D eigenvalue weighted by molar-refractivity contribution is 5.61. The van der Waals surface area contributed by atoms with Crippen molar-refractivity contribution in [1.82, 2.24) is 19.7 Å². The third kappa shape index (κ3) is 2.31. The standard InChI is InChI=1S/C13H20N6/c1-7(2)11-8(3)16-12(17-13(11)18-14)10-6-15-19(5)9(10)4/h6-7H,14H2,1-5H3,(H,16,17,18). The van der Waals surface area contributed by atoms with Gasteiger partial charge < -0.3 is 5.43 Å². The number of nitrogens with zero attached hydrogens (tertiary/aromatic N) is 4. The molecule has 0 aliphatic carbocycles. The Morgan fingerprint density at radius 3 is 2.42 bits per heavy atom. The molecule has 0 saturated heterocycles. The van der Waals surface area contributed by atoms with Crippen molar-refractivity contribution >= 4 is 5.82 Å². The van der Waals surface area contributed by atoms with Gasteiger partial charge in [-0.25, -0.2) is 15.8 Å². The van der Waals surface area contributed by atoms with Crippen LogP contribution in [0.2, 0.25) is 0 Å². The van der Waals surface area contributed by atoms with Gasteiger partial charge in [0, 0.05) is 24.0 Å². The number of hydrogen-bond acceptors (Lipinski definition) is 5. The number of hydrazine groups is 1. The molecule has 0 atom stereocenters. The molecule has 0 aromatic carbocycles. The third-order valence-corrected chi connectivity index (χ3v) is 3.33. The third-order valence-electron chi connectivity index (χ3n) is 3.33. The van der Waals surface area contributed by atoms with E-state index in [1.807, 2.05) is 20.9 Å². The van der Waals surface area contributed by atoms with Gasteiger partial charge in [0.05, 0.1) is 11.8 Å². The van der Waals surface area contributed by atoms with Crippen molar-refractivity contribution < 1.29 is 0 Å². The minimum Gasteiger partial charge on any atom is -0.308 e. The van der Waals surface area contributed by atoms with Crippen LogP contribution in [-0.2, 0) is 7.05 Å². The SMILES string of the molecule is Cc1nc(-c2cnn(C)c2C)nc(NN)c1C(C)C. The first-order chi connectivity index (χ1) is 8.95. The van der Waals surface area contributed by atoms with E-state index < -0.39 is 0 Å². The molecule has 2 aromatic heterocycles. The Kier molecular flexibility index (Phi) is 3.53. The lowest BCUT2D eigenvalue weighted by molar-refractivity contribution is 0.740. The first-order valence-corrected chi connectivity index (χ1v) is 6.29. The van der Waals surface area contributed by atoms with Crippen molar-refractivity contribution in [1.29, 1.82) is 0 Å². The van der Waals surface area contributed by atoms with Crippen molar-refractivity contribution in [3.8, 4) is 11.4 Å². The van der Waals surface area contributed by atoms with E-state index in [0.717, 1.165) is 22.5 Å². The Morgan fingerprint density at radius 1 is 1.26 bits per heavy atom. The zero-order valence-corrected chi connectivity index (χ0v) is 12.0. The molecule has 2 rings (SSSR count). The topological polar surface area (TPSA) is 81.7 Å². The lowest BCUT2D eigenvalue weighted by atomic mass is 10.0. The highest BCUT2D eigenvalue weighted by Gasteiger charge is 2.17. The summed E-state index contributed by atoms with van der Waals surface area (Å²) in [5.41, 5.74) is 6.62. The average Bonchev–Trinajstić information content (AvgIpc) is 2.68. The highest BCUT2D eigenvalue weighted by atomic mass is 15.3. The van der Waals surface area contributed by atoms with Gasteiger partial charge in [0.2, 0.25) is 0 Å². The van der Waals surface area contributed by atoms with E-state index in [1.54, 1.807) is 10.9 Å². The molecule has 0 bridgehead atoms. The van der Waals surface area contributed by atoms with E-state index in [0.29, 0.717) is 17.6 Å². The van der Waals surface area contributed by atoms with Crippen LogP contribution in [0.15, 0.2) is 6.20 Å². The number of hydrogen-bond donors (Lipinski definition) is 2. The van der Waals surface area contributed by atoms with Crippen molar-refractivity contribution in [2.75, 3.05) is 5.43 Å². The second-order valence-electron chi connectivity index (χ2n) is 4.96. The van der Waals surface area contributed by atoms with Crippen molar-refractivity contribution in [3.05, 3.63) is 23.1 Å². The minimum atomic E-state index is 0.315. The number of nitrogen functional groups attached to an aromatic ring is 1. The van der Waals surface area contributed by atoms with E-state index >= 15 is 0 Å². The van der Waals surface area contributed by atoms with E-state index in [2.05, 4.69) is 34.3 Å². The lowest BCUT2D eigenvalue weighted by Gasteiger charge is -2.15. The van der Waals surface area contributed by atoms with Crippen LogP contribution in [-0.4, -0.2) is 19.7 Å². The van der Waals surface area contributed by atoms with Gasteiger partial charge in [-0.1, -0.05) is 13.8 Å². The number of aromatic nitrogens is 4. The monoisotopic (exact) mass is 260 g/mol. The molecule has 3 N–H and O–H groups in total. The first-order valence-electron chi connectivity index (χ1n) is 6.29. The molecule has 2 aromatic rings. The fourth-order valence-corrected chi connectivity index (χ4v) is 2.22. The molecule has 19 heavy (non-hydrogen) atoms. The van der Waals surface area contributed by atoms with Crippen LogP contribution in [0.3, 0.4) is 0 Å². The molecule has 0 radical (unpaired) electrons. The quantitative estimate of drug-likeness (QED) is 0.650. The molecule has 0 amide bonds. The fraction of sp³-hybridized carbons (Fsp3) is 0.462. The van der Waals surface area contributed by atoms with Crippen LogP contribution in [0.1, 0.15) is 36.7 Å². The predicted molar refractivity (Wildman–Crippen MR) is 75.6 cm³/mol. The van der Waals surface area contributed by atoms with Crippen molar-refractivity contribution in [3.63, 3.8) is 0 Å². The maximum atomic E-state index is 5.59. The summed E-state index contributed by atoms with van der Waals surface area (Å²) in [7, 11) is 1.90. The summed E-state index contributed by atoms with van der Waals surface area (Å²) in [5.74, 6) is 7.24. The normalized spacial score (nSPS) is 11.1. The average molecular weight is 260 g/mol. The van der Waals surface area contributed by atoms with Gasteiger partial charge in [0.15, 0.2) is 5.82 Å². The Hall–Kier alpha value is -1.95. The van der Waals surface area contributed by atoms with Crippen molar-refractivity contribution in [2.45, 2.75) is 33.6 Å². The summed E-state index contributed by atoms with van der Waals surface area (Å²) in [6.45, 7) is 8.17. The smallest absolute Gasteiger partial charge is 0.165 e. The van der Waals surface area contributed by atoms with Crippen LogP contribution < -0.4 is 11.3 Å². The van der Waals surface area contributed by atoms with E-state index in [9.17, 15) is 0 Å². The maximum Gasteiger partial charge on any atom is 0.165 e. The summed E-state index contributed by atoms with van der Waals surface area (Å²) in [5, 5.41) is 4.22. The molecular weight excluding hydrogens is 240 g/mol. The van der Waals surface area contributed by atoms with Gasteiger partial charge in [0.25, 0.3) is 0 Å². The van der Waals surface area contributed by atoms with Crippen LogP contribution >= 0.6 is 0 Å². The molecular formula is C13H20N6. The van der Waals surface area contributed by atoms with Crippen LogP contribution in [0, 0.1) is 13.8 Å². The molecule has 0 fully saturated rings. The first kappa shape index (κ1) is 13.5. The number of nitrogens with one attached hydrogen (secondary N) is 1. The number of aryl methyl sites for hydroxylation is 2. The summed E-state index contributed by atoms with van der Waals surface area (Å²) in [6.07, 6.45) is 1.78.